The highest BCUT2D eigenvalue weighted by Crippen LogP contribution is 2.17. The van der Waals surface area contributed by atoms with Gasteiger partial charge in [-0.2, -0.15) is 0 Å². The number of esters is 2. The van der Waals surface area contributed by atoms with Crippen LogP contribution in [0.2, 0.25) is 0 Å². The van der Waals surface area contributed by atoms with Crippen molar-refractivity contribution in [3.63, 3.8) is 0 Å². The summed E-state index contributed by atoms with van der Waals surface area (Å²) in [5.41, 5.74) is 1.31. The second-order valence-corrected chi connectivity index (χ2v) is 5.04. The molecule has 0 aliphatic carbocycles. The van der Waals surface area contributed by atoms with Crippen LogP contribution in [-0.4, -0.2) is 24.1 Å². The van der Waals surface area contributed by atoms with E-state index in [4.69, 9.17) is 9.47 Å². The molecule has 0 atom stereocenters. The van der Waals surface area contributed by atoms with Gasteiger partial charge in [0, 0.05) is 0 Å². The van der Waals surface area contributed by atoms with Crippen LogP contribution < -0.4 is 0 Å². The molecule has 0 aliphatic rings. The van der Waals surface area contributed by atoms with Crippen LogP contribution in [0.3, 0.4) is 0 Å². The molecule has 1 rings (SSSR count). The fourth-order valence-corrected chi connectivity index (χ4v) is 1.65. The lowest BCUT2D eigenvalue weighted by atomic mass is 10.0. The van der Waals surface area contributed by atoms with Crippen molar-refractivity contribution in [2.75, 3.05) is 0 Å². The quantitative estimate of drug-likeness (QED) is 0.776. The third-order valence-electron chi connectivity index (χ3n) is 2.50. The maximum Gasteiger partial charge on any atom is 0.339 e. The summed E-state index contributed by atoms with van der Waals surface area (Å²) in [5, 5.41) is 0. The second kappa shape index (κ2) is 7.08. The van der Waals surface area contributed by atoms with E-state index in [1.54, 1.807) is 45.9 Å². The van der Waals surface area contributed by atoms with Gasteiger partial charge in [-0.15, -0.1) is 0 Å². The lowest BCUT2D eigenvalue weighted by Crippen LogP contribution is -2.19. The van der Waals surface area contributed by atoms with E-state index >= 15 is 0 Å². The number of carbonyl (C=O) groups is 2. The van der Waals surface area contributed by atoms with Gasteiger partial charge in [0.15, 0.2) is 0 Å². The van der Waals surface area contributed by atoms with Gasteiger partial charge in [-0.05, 0) is 58.7 Å². The van der Waals surface area contributed by atoms with Gasteiger partial charge in [-0.25, -0.2) is 9.59 Å². The molecule has 0 saturated carbocycles. The zero-order chi connectivity index (χ0) is 15.3. The Morgan fingerprint density at radius 1 is 1.00 bits per heavy atom. The van der Waals surface area contributed by atoms with Crippen molar-refractivity contribution in [2.24, 2.45) is 0 Å². The number of hydrogen-bond donors (Lipinski definition) is 0. The molecule has 4 nitrogen and oxygen atoms in total. The van der Waals surface area contributed by atoms with E-state index in [2.05, 4.69) is 6.92 Å². The van der Waals surface area contributed by atoms with Gasteiger partial charge >= 0.3 is 11.9 Å². The monoisotopic (exact) mass is 277 g/mol. The Bertz CT molecular complexity index is 489. The number of carbonyl (C=O) groups excluding carboxylic acids is 2. The summed E-state index contributed by atoms with van der Waals surface area (Å²) in [6.07, 6.45) is 0.0328. The van der Waals surface area contributed by atoms with Gasteiger partial charge in [0.2, 0.25) is 0 Å². The minimum Gasteiger partial charge on any atom is -0.459 e. The summed E-state index contributed by atoms with van der Waals surface area (Å²) in [7, 11) is 0. The Labute approximate surface area is 120 Å². The highest BCUT2D eigenvalue weighted by Gasteiger charge is 2.21. The predicted octanol–water partition coefficient (Wildman–Crippen LogP) is 3.19. The van der Waals surface area contributed by atoms with Crippen LogP contribution in [0.25, 0.3) is 0 Å². The van der Waals surface area contributed by atoms with E-state index in [-0.39, 0.29) is 23.3 Å². The van der Waals surface area contributed by atoms with Crippen molar-refractivity contribution >= 4 is 11.9 Å². The number of rotatable bonds is 5. The van der Waals surface area contributed by atoms with E-state index in [1.807, 2.05) is 0 Å². The third kappa shape index (κ3) is 4.37. The summed E-state index contributed by atoms with van der Waals surface area (Å²) in [4.78, 5) is 24.1. The van der Waals surface area contributed by atoms with Crippen LogP contribution >= 0.6 is 0 Å². The Hall–Kier alpha value is -1.84. The average Bonchev–Trinajstić information content (AvgIpc) is 2.36. The molecule has 0 N–H and O–H groups in total. The molecular formula is C16H21O4. The van der Waals surface area contributed by atoms with E-state index in [1.165, 1.54) is 0 Å². The van der Waals surface area contributed by atoms with Crippen LogP contribution in [0.5, 0.6) is 0 Å². The van der Waals surface area contributed by atoms with Crippen LogP contribution in [0.1, 0.15) is 54.0 Å². The second-order valence-electron chi connectivity index (χ2n) is 5.04. The molecule has 0 aromatic heterocycles. The maximum atomic E-state index is 12.1. The SMILES string of the molecule is [CH2]Cc1ccc(C(=O)OC(C)C)c(C(=O)OC(C)C)c1. The van der Waals surface area contributed by atoms with Crippen molar-refractivity contribution in [1.29, 1.82) is 0 Å². The molecule has 0 bridgehead atoms. The molecule has 1 radical (unpaired) electrons. The zero-order valence-electron chi connectivity index (χ0n) is 12.4. The van der Waals surface area contributed by atoms with Gasteiger partial charge in [-0.1, -0.05) is 6.07 Å². The topological polar surface area (TPSA) is 52.6 Å². The molecule has 0 unspecified atom stereocenters. The lowest BCUT2D eigenvalue weighted by Gasteiger charge is -2.14. The summed E-state index contributed by atoms with van der Waals surface area (Å²) in [5.74, 6) is -1.04. The fraction of sp³-hybridized carbons (Fsp3) is 0.438. The molecule has 20 heavy (non-hydrogen) atoms. The van der Waals surface area contributed by atoms with E-state index in [9.17, 15) is 9.59 Å². The first-order valence-electron chi connectivity index (χ1n) is 6.69. The van der Waals surface area contributed by atoms with Gasteiger partial charge in [0.1, 0.15) is 0 Å². The molecule has 1 aromatic carbocycles. The van der Waals surface area contributed by atoms with Gasteiger partial charge in [-0.3, -0.25) is 0 Å². The molecular weight excluding hydrogens is 256 g/mol. The molecule has 0 fully saturated rings. The Morgan fingerprint density at radius 2 is 1.50 bits per heavy atom. The first-order valence-corrected chi connectivity index (χ1v) is 6.69. The Balaban J connectivity index is 3.16. The average molecular weight is 277 g/mol. The van der Waals surface area contributed by atoms with Crippen LogP contribution in [0, 0.1) is 6.92 Å². The number of ether oxygens (including phenoxy) is 2. The molecule has 4 heteroatoms. The minimum atomic E-state index is -0.522. The third-order valence-corrected chi connectivity index (χ3v) is 2.50. The molecule has 1 aromatic rings. The van der Waals surface area contributed by atoms with Crippen LogP contribution in [0.15, 0.2) is 18.2 Å². The largest absolute Gasteiger partial charge is 0.459 e. The fourth-order valence-electron chi connectivity index (χ4n) is 1.65. The summed E-state index contributed by atoms with van der Waals surface area (Å²) in [6, 6.07) is 4.98. The Kier molecular flexibility index (Phi) is 5.74. The normalized spacial score (nSPS) is 10.8. The lowest BCUT2D eigenvalue weighted by molar-refractivity contribution is 0.0328. The standard InChI is InChI=1S/C16H21O4/c1-6-12-7-8-13(15(17)19-10(2)3)14(9-12)16(18)20-11(4)5/h7-11H,1,6H2,2-5H3. The van der Waals surface area contributed by atoms with Crippen molar-refractivity contribution in [3.8, 4) is 0 Å². The smallest absolute Gasteiger partial charge is 0.339 e. The van der Waals surface area contributed by atoms with E-state index in [0.29, 0.717) is 6.42 Å². The first-order chi connectivity index (χ1) is 9.35. The van der Waals surface area contributed by atoms with Crippen LogP contribution in [0.4, 0.5) is 0 Å². The van der Waals surface area contributed by atoms with Crippen molar-refractivity contribution < 1.29 is 19.1 Å². The maximum absolute atomic E-state index is 12.1. The Morgan fingerprint density at radius 3 is 1.95 bits per heavy atom. The molecule has 0 heterocycles. The van der Waals surface area contributed by atoms with Gasteiger partial charge < -0.3 is 9.47 Å². The van der Waals surface area contributed by atoms with Crippen molar-refractivity contribution in [2.45, 2.75) is 46.3 Å². The minimum absolute atomic E-state index is 0.224. The number of hydrogen-bond acceptors (Lipinski definition) is 4. The van der Waals surface area contributed by atoms with Crippen molar-refractivity contribution in [3.05, 3.63) is 41.8 Å². The molecule has 0 amide bonds. The molecule has 0 saturated heterocycles. The van der Waals surface area contributed by atoms with Gasteiger partial charge in [0.05, 0.1) is 23.3 Å². The number of benzene rings is 1. The van der Waals surface area contributed by atoms with E-state index in [0.717, 1.165) is 5.56 Å². The summed E-state index contributed by atoms with van der Waals surface area (Å²) >= 11 is 0. The summed E-state index contributed by atoms with van der Waals surface area (Å²) < 4.78 is 10.3. The van der Waals surface area contributed by atoms with Crippen molar-refractivity contribution in [1.82, 2.24) is 0 Å². The van der Waals surface area contributed by atoms with Gasteiger partial charge in [0.25, 0.3) is 0 Å². The molecule has 0 aliphatic heterocycles. The zero-order valence-corrected chi connectivity index (χ0v) is 12.4. The highest BCUT2D eigenvalue weighted by atomic mass is 16.5. The summed E-state index contributed by atoms with van der Waals surface area (Å²) in [6.45, 7) is 10.8. The molecule has 109 valence electrons. The van der Waals surface area contributed by atoms with E-state index < -0.39 is 11.9 Å². The molecule has 0 spiro atoms. The first kappa shape index (κ1) is 16.2. The van der Waals surface area contributed by atoms with Crippen LogP contribution in [-0.2, 0) is 15.9 Å². The predicted molar refractivity (Wildman–Crippen MR) is 76.6 cm³/mol. The highest BCUT2D eigenvalue weighted by molar-refractivity contribution is 6.03.